The normalized spacial score (nSPS) is 28.2. The number of ether oxygens (including phenoxy) is 1. The van der Waals surface area contributed by atoms with Crippen molar-refractivity contribution in [2.45, 2.75) is 38.4 Å². The van der Waals surface area contributed by atoms with Gasteiger partial charge in [0.25, 0.3) is 0 Å². The Morgan fingerprint density at radius 1 is 1.33 bits per heavy atom. The maximum atomic E-state index is 11.9. The number of rotatable bonds is 6. The Labute approximate surface area is 91.2 Å². The largest absolute Gasteiger partial charge is 0.394 e. The van der Waals surface area contributed by atoms with Crippen LogP contribution >= 0.6 is 0 Å². The summed E-state index contributed by atoms with van der Waals surface area (Å²) in [6.45, 7) is 4.62. The van der Waals surface area contributed by atoms with E-state index >= 15 is 0 Å². The van der Waals surface area contributed by atoms with Gasteiger partial charge in [0.05, 0.1) is 25.5 Å². The minimum atomic E-state index is -0.210. The molecule has 2 atom stereocenters. The summed E-state index contributed by atoms with van der Waals surface area (Å²) < 4.78 is 17.4. The Morgan fingerprint density at radius 3 is 2.80 bits per heavy atom. The molecule has 1 N–H and O–H groups in total. The lowest BCUT2D eigenvalue weighted by atomic mass is 10.2. The van der Waals surface area contributed by atoms with Crippen molar-refractivity contribution in [2.75, 3.05) is 32.9 Å². The van der Waals surface area contributed by atoms with Crippen LogP contribution in [0.15, 0.2) is 0 Å². The molecule has 15 heavy (non-hydrogen) atoms. The lowest BCUT2D eigenvalue weighted by molar-refractivity contribution is -0.0952. The Balaban J connectivity index is 2.16. The van der Waals surface area contributed by atoms with E-state index in [1.54, 1.807) is 0 Å². The van der Waals surface area contributed by atoms with Gasteiger partial charge in [0.15, 0.2) is 0 Å². The maximum absolute atomic E-state index is 11.9. The van der Waals surface area contributed by atoms with Crippen molar-refractivity contribution in [3.05, 3.63) is 0 Å². The SMILES string of the molecule is C[C@H]1CN(CCCCCF)C[C@H](CO)O1. The molecule has 1 aliphatic heterocycles. The van der Waals surface area contributed by atoms with Gasteiger partial charge in [-0.05, 0) is 32.7 Å². The minimum Gasteiger partial charge on any atom is -0.394 e. The molecule has 0 aliphatic carbocycles. The molecule has 4 heteroatoms. The fourth-order valence-electron chi connectivity index (χ4n) is 2.03. The highest BCUT2D eigenvalue weighted by Crippen LogP contribution is 2.11. The quantitative estimate of drug-likeness (QED) is 0.682. The summed E-state index contributed by atoms with van der Waals surface area (Å²) in [7, 11) is 0. The average molecular weight is 219 g/mol. The van der Waals surface area contributed by atoms with Crippen LogP contribution in [-0.2, 0) is 4.74 Å². The Bertz CT molecular complexity index is 169. The molecule has 0 bridgehead atoms. The van der Waals surface area contributed by atoms with Crippen LogP contribution in [0, 0.1) is 0 Å². The van der Waals surface area contributed by atoms with E-state index in [2.05, 4.69) is 4.90 Å². The fourth-order valence-corrected chi connectivity index (χ4v) is 2.03. The number of alkyl halides is 1. The van der Waals surface area contributed by atoms with Crippen LogP contribution < -0.4 is 0 Å². The summed E-state index contributed by atoms with van der Waals surface area (Å²) in [4.78, 5) is 2.30. The molecule has 0 unspecified atom stereocenters. The van der Waals surface area contributed by atoms with E-state index in [0.717, 1.165) is 32.5 Å². The van der Waals surface area contributed by atoms with Crippen LogP contribution in [0.25, 0.3) is 0 Å². The van der Waals surface area contributed by atoms with E-state index < -0.39 is 0 Å². The highest BCUT2D eigenvalue weighted by Gasteiger charge is 2.23. The van der Waals surface area contributed by atoms with E-state index in [1.165, 1.54) is 0 Å². The average Bonchev–Trinajstić information content (AvgIpc) is 2.23. The van der Waals surface area contributed by atoms with Gasteiger partial charge in [0.1, 0.15) is 0 Å². The highest BCUT2D eigenvalue weighted by molar-refractivity contribution is 4.75. The predicted molar refractivity (Wildman–Crippen MR) is 57.7 cm³/mol. The monoisotopic (exact) mass is 219 g/mol. The van der Waals surface area contributed by atoms with Crippen molar-refractivity contribution in [1.82, 2.24) is 4.90 Å². The second-order valence-electron chi connectivity index (χ2n) is 4.26. The van der Waals surface area contributed by atoms with Crippen LogP contribution in [0.1, 0.15) is 26.2 Å². The van der Waals surface area contributed by atoms with Gasteiger partial charge in [-0.3, -0.25) is 9.29 Å². The van der Waals surface area contributed by atoms with Crippen molar-refractivity contribution in [1.29, 1.82) is 0 Å². The molecule has 0 saturated carbocycles. The summed E-state index contributed by atoms with van der Waals surface area (Å²) in [5, 5.41) is 9.03. The van der Waals surface area contributed by atoms with Crippen molar-refractivity contribution < 1.29 is 14.2 Å². The van der Waals surface area contributed by atoms with Gasteiger partial charge in [-0.2, -0.15) is 0 Å². The molecule has 0 spiro atoms. The first-order chi connectivity index (χ1) is 7.26. The van der Waals surface area contributed by atoms with Crippen molar-refractivity contribution in [3.8, 4) is 0 Å². The van der Waals surface area contributed by atoms with Crippen molar-refractivity contribution >= 4 is 0 Å². The summed E-state index contributed by atoms with van der Waals surface area (Å²) in [5.41, 5.74) is 0. The summed E-state index contributed by atoms with van der Waals surface area (Å²) in [6, 6.07) is 0. The van der Waals surface area contributed by atoms with Gasteiger partial charge in [-0.1, -0.05) is 0 Å². The van der Waals surface area contributed by atoms with Crippen LogP contribution in [0.4, 0.5) is 4.39 Å². The topological polar surface area (TPSA) is 32.7 Å². The summed E-state index contributed by atoms with van der Waals surface area (Å²) in [6.07, 6.45) is 2.80. The van der Waals surface area contributed by atoms with Gasteiger partial charge in [0, 0.05) is 13.1 Å². The molecule has 3 nitrogen and oxygen atoms in total. The molecule has 1 rings (SSSR count). The first-order valence-corrected chi connectivity index (χ1v) is 5.81. The van der Waals surface area contributed by atoms with E-state index in [1.807, 2.05) is 6.92 Å². The molecule has 0 aromatic heterocycles. The van der Waals surface area contributed by atoms with Crippen LogP contribution in [0.5, 0.6) is 0 Å². The maximum Gasteiger partial charge on any atom is 0.0936 e. The molecule has 1 saturated heterocycles. The summed E-state index contributed by atoms with van der Waals surface area (Å²) in [5.74, 6) is 0. The van der Waals surface area contributed by atoms with E-state index in [9.17, 15) is 4.39 Å². The second kappa shape index (κ2) is 7.14. The predicted octanol–water partition coefficient (Wildman–Crippen LogP) is 1.21. The molecule has 1 fully saturated rings. The summed E-state index contributed by atoms with van der Waals surface area (Å²) >= 11 is 0. The third-order valence-corrected chi connectivity index (χ3v) is 2.71. The number of halogens is 1. The van der Waals surface area contributed by atoms with Crippen LogP contribution in [-0.4, -0.2) is 55.1 Å². The zero-order chi connectivity index (χ0) is 11.1. The number of aliphatic hydroxyl groups is 1. The molecule has 1 aliphatic rings. The first kappa shape index (κ1) is 12.9. The second-order valence-corrected chi connectivity index (χ2v) is 4.26. The van der Waals surface area contributed by atoms with Gasteiger partial charge in [-0.25, -0.2) is 0 Å². The molecular formula is C11H22FNO2. The Kier molecular flexibility index (Phi) is 6.13. The number of morpholine rings is 1. The third kappa shape index (κ3) is 4.91. The molecule has 0 aromatic carbocycles. The number of unbranched alkanes of at least 4 members (excludes halogenated alkanes) is 2. The molecule has 90 valence electrons. The smallest absolute Gasteiger partial charge is 0.0936 e. The molecule has 0 radical (unpaired) electrons. The zero-order valence-electron chi connectivity index (χ0n) is 9.49. The van der Waals surface area contributed by atoms with Gasteiger partial charge < -0.3 is 9.84 Å². The molecule has 0 aromatic rings. The van der Waals surface area contributed by atoms with Gasteiger partial charge >= 0.3 is 0 Å². The first-order valence-electron chi connectivity index (χ1n) is 5.81. The van der Waals surface area contributed by atoms with Crippen molar-refractivity contribution in [2.24, 2.45) is 0 Å². The lowest BCUT2D eigenvalue weighted by Crippen LogP contribution is -2.48. The molecule has 1 heterocycles. The van der Waals surface area contributed by atoms with Crippen LogP contribution in [0.3, 0.4) is 0 Å². The number of hydrogen-bond acceptors (Lipinski definition) is 3. The van der Waals surface area contributed by atoms with E-state index in [4.69, 9.17) is 9.84 Å². The molecular weight excluding hydrogens is 197 g/mol. The zero-order valence-corrected chi connectivity index (χ0v) is 9.49. The van der Waals surface area contributed by atoms with E-state index in [-0.39, 0.29) is 25.5 Å². The van der Waals surface area contributed by atoms with E-state index in [0.29, 0.717) is 6.42 Å². The van der Waals surface area contributed by atoms with Gasteiger partial charge in [0.2, 0.25) is 0 Å². The molecule has 0 amide bonds. The third-order valence-electron chi connectivity index (χ3n) is 2.71. The number of aliphatic hydroxyl groups excluding tert-OH is 1. The minimum absolute atomic E-state index is 0.0464. The Hall–Kier alpha value is -0.190. The van der Waals surface area contributed by atoms with Crippen LogP contribution in [0.2, 0.25) is 0 Å². The number of nitrogens with zero attached hydrogens (tertiary/aromatic N) is 1. The standard InChI is InChI=1S/C11H22FNO2/c1-10-7-13(6-4-2-3-5-12)8-11(9-14)15-10/h10-11,14H,2-9H2,1H3/t10-,11+/m0/s1. The number of hydrogen-bond donors (Lipinski definition) is 1. The van der Waals surface area contributed by atoms with Crippen molar-refractivity contribution in [3.63, 3.8) is 0 Å². The Morgan fingerprint density at radius 2 is 2.13 bits per heavy atom. The lowest BCUT2D eigenvalue weighted by Gasteiger charge is -2.36. The highest BCUT2D eigenvalue weighted by atomic mass is 19.1. The van der Waals surface area contributed by atoms with Gasteiger partial charge in [-0.15, -0.1) is 0 Å². The fraction of sp³-hybridized carbons (Fsp3) is 1.00.